The number of aromatic nitrogens is 2. The van der Waals surface area contributed by atoms with Crippen LogP contribution < -0.4 is 0 Å². The van der Waals surface area contributed by atoms with E-state index in [1.165, 1.54) is 28.6 Å². The molecule has 0 atom stereocenters. The van der Waals surface area contributed by atoms with Crippen molar-refractivity contribution in [2.75, 3.05) is 39.3 Å². The first-order valence-electron chi connectivity index (χ1n) is 10.5. The van der Waals surface area contributed by atoms with Crippen LogP contribution >= 0.6 is 0 Å². The zero-order chi connectivity index (χ0) is 21.4. The van der Waals surface area contributed by atoms with Gasteiger partial charge < -0.3 is 9.64 Å². The number of carbonyl (C=O) groups excluding carboxylic acids is 1. The van der Waals surface area contributed by atoms with Crippen molar-refractivity contribution in [1.29, 1.82) is 0 Å². The van der Waals surface area contributed by atoms with Gasteiger partial charge in [0.2, 0.25) is 10.0 Å². The van der Waals surface area contributed by atoms with Crippen LogP contribution in [0.2, 0.25) is 0 Å². The molecule has 1 saturated heterocycles. The Balaban J connectivity index is 1.42. The zero-order valence-corrected chi connectivity index (χ0v) is 18.3. The summed E-state index contributed by atoms with van der Waals surface area (Å²) in [6, 6.07) is 7.90. The van der Waals surface area contributed by atoms with Crippen LogP contribution in [-0.2, 0) is 21.3 Å². The minimum Gasteiger partial charge on any atom is -0.462 e. The van der Waals surface area contributed by atoms with Gasteiger partial charge in [-0.1, -0.05) is 6.42 Å². The van der Waals surface area contributed by atoms with Gasteiger partial charge in [0.05, 0.1) is 17.1 Å². The van der Waals surface area contributed by atoms with E-state index in [4.69, 9.17) is 4.74 Å². The number of aryl methyl sites for hydroxylation is 1. The predicted molar refractivity (Wildman–Crippen MR) is 114 cm³/mol. The average Bonchev–Trinajstić information content (AvgIpc) is 3.28. The molecule has 9 heteroatoms. The van der Waals surface area contributed by atoms with Gasteiger partial charge in [-0.3, -0.25) is 4.68 Å². The number of piperazine rings is 1. The predicted octanol–water partition coefficient (Wildman–Crippen LogP) is 2.24. The highest BCUT2D eigenvalue weighted by molar-refractivity contribution is 7.89. The number of carbonyl (C=O) groups is 1. The molecule has 2 heterocycles. The van der Waals surface area contributed by atoms with Crippen LogP contribution in [0.25, 0.3) is 0 Å². The Morgan fingerprint density at radius 1 is 1.03 bits per heavy atom. The molecular weight excluding hydrogens is 404 g/mol. The number of esters is 1. The van der Waals surface area contributed by atoms with Crippen LogP contribution in [0, 0.1) is 0 Å². The molecule has 0 unspecified atom stereocenters. The minimum atomic E-state index is -3.55. The second-order valence-corrected chi connectivity index (χ2v) is 9.26. The van der Waals surface area contributed by atoms with E-state index < -0.39 is 16.0 Å². The molecule has 1 aromatic carbocycles. The highest BCUT2D eigenvalue weighted by atomic mass is 32.2. The summed E-state index contributed by atoms with van der Waals surface area (Å²) < 4.78 is 34.2. The summed E-state index contributed by atoms with van der Waals surface area (Å²) in [6.07, 6.45) is 7.10. The molecule has 164 valence electrons. The molecule has 0 amide bonds. The maximum atomic E-state index is 12.9. The highest BCUT2D eigenvalue weighted by Gasteiger charge is 2.28. The summed E-state index contributed by atoms with van der Waals surface area (Å²) in [6.45, 7) is 6.38. The fourth-order valence-corrected chi connectivity index (χ4v) is 4.96. The van der Waals surface area contributed by atoms with Gasteiger partial charge in [-0.15, -0.1) is 0 Å². The van der Waals surface area contributed by atoms with Crippen molar-refractivity contribution in [2.45, 2.75) is 37.6 Å². The first-order valence-corrected chi connectivity index (χ1v) is 11.9. The van der Waals surface area contributed by atoms with E-state index in [-0.39, 0.29) is 11.5 Å². The van der Waals surface area contributed by atoms with Gasteiger partial charge in [-0.25, -0.2) is 13.2 Å². The summed E-state index contributed by atoms with van der Waals surface area (Å²) in [5.74, 6) is -0.445. The molecule has 1 aromatic heterocycles. The summed E-state index contributed by atoms with van der Waals surface area (Å²) in [5, 5.41) is 4.20. The van der Waals surface area contributed by atoms with Crippen LogP contribution in [0.3, 0.4) is 0 Å². The Labute approximate surface area is 178 Å². The van der Waals surface area contributed by atoms with Crippen LogP contribution in [0.4, 0.5) is 0 Å². The van der Waals surface area contributed by atoms with Gasteiger partial charge in [0.25, 0.3) is 0 Å². The summed E-state index contributed by atoms with van der Waals surface area (Å²) in [4.78, 5) is 14.3. The Kier molecular flexibility index (Phi) is 8.01. The number of hydrogen-bond acceptors (Lipinski definition) is 6. The monoisotopic (exact) mass is 434 g/mol. The first kappa shape index (κ1) is 22.5. The Morgan fingerprint density at radius 3 is 2.37 bits per heavy atom. The number of rotatable bonds is 10. The third kappa shape index (κ3) is 5.90. The smallest absolute Gasteiger partial charge is 0.338 e. The van der Waals surface area contributed by atoms with Crippen LogP contribution in [0.15, 0.2) is 47.6 Å². The first-order chi connectivity index (χ1) is 14.5. The molecule has 2 aromatic rings. The van der Waals surface area contributed by atoms with E-state index in [2.05, 4.69) is 10.00 Å². The third-order valence-corrected chi connectivity index (χ3v) is 7.17. The maximum absolute atomic E-state index is 12.9. The summed E-state index contributed by atoms with van der Waals surface area (Å²) in [5.41, 5.74) is 0.355. The molecule has 1 fully saturated rings. The van der Waals surface area contributed by atoms with E-state index in [1.807, 2.05) is 16.9 Å². The van der Waals surface area contributed by atoms with E-state index in [0.29, 0.717) is 18.7 Å². The molecule has 0 radical (unpaired) electrons. The van der Waals surface area contributed by atoms with Crippen molar-refractivity contribution in [2.24, 2.45) is 0 Å². The maximum Gasteiger partial charge on any atom is 0.338 e. The second-order valence-electron chi connectivity index (χ2n) is 7.32. The fourth-order valence-electron chi connectivity index (χ4n) is 3.54. The highest BCUT2D eigenvalue weighted by Crippen LogP contribution is 2.19. The normalized spacial score (nSPS) is 15.9. The Hall–Kier alpha value is -2.23. The number of benzene rings is 1. The fraction of sp³-hybridized carbons (Fsp3) is 0.524. The van der Waals surface area contributed by atoms with E-state index in [0.717, 1.165) is 45.4 Å². The van der Waals surface area contributed by atoms with Gasteiger partial charge in [-0.05, 0) is 56.6 Å². The topological polar surface area (TPSA) is 84.7 Å². The summed E-state index contributed by atoms with van der Waals surface area (Å²) >= 11 is 0. The molecule has 0 saturated carbocycles. The number of unbranched alkanes of at least 4 members (excludes halogenated alkanes) is 2. The van der Waals surface area contributed by atoms with Crippen molar-refractivity contribution in [1.82, 2.24) is 19.0 Å². The lowest BCUT2D eigenvalue weighted by Crippen LogP contribution is -2.48. The van der Waals surface area contributed by atoms with Crippen molar-refractivity contribution >= 4 is 16.0 Å². The van der Waals surface area contributed by atoms with Gasteiger partial charge in [0.15, 0.2) is 0 Å². The minimum absolute atomic E-state index is 0.211. The lowest BCUT2D eigenvalue weighted by molar-refractivity contribution is 0.0526. The average molecular weight is 435 g/mol. The van der Waals surface area contributed by atoms with Gasteiger partial charge in [-0.2, -0.15) is 9.40 Å². The molecule has 1 aliphatic rings. The summed E-state index contributed by atoms with van der Waals surface area (Å²) in [7, 11) is -3.55. The van der Waals surface area contributed by atoms with Gasteiger partial charge in [0.1, 0.15) is 0 Å². The lowest BCUT2D eigenvalue weighted by Gasteiger charge is -2.34. The SMILES string of the molecule is CCOC(=O)c1ccc(S(=O)(=O)N2CCN(CCCCCn3cccn3)CC2)cc1. The van der Waals surface area contributed by atoms with Crippen LogP contribution in [-0.4, -0.2) is 72.7 Å². The number of hydrogen-bond donors (Lipinski definition) is 0. The molecule has 8 nitrogen and oxygen atoms in total. The van der Waals surface area contributed by atoms with E-state index >= 15 is 0 Å². The molecule has 3 rings (SSSR count). The van der Waals surface area contributed by atoms with Crippen LogP contribution in [0.1, 0.15) is 36.5 Å². The molecular formula is C21H30N4O4S. The number of sulfonamides is 1. The van der Waals surface area contributed by atoms with Crippen molar-refractivity contribution in [3.8, 4) is 0 Å². The van der Waals surface area contributed by atoms with Crippen molar-refractivity contribution in [3.63, 3.8) is 0 Å². The lowest BCUT2D eigenvalue weighted by atomic mass is 10.2. The van der Waals surface area contributed by atoms with Crippen molar-refractivity contribution in [3.05, 3.63) is 48.3 Å². The largest absolute Gasteiger partial charge is 0.462 e. The van der Waals surface area contributed by atoms with Crippen LogP contribution in [0.5, 0.6) is 0 Å². The molecule has 1 aliphatic heterocycles. The third-order valence-electron chi connectivity index (χ3n) is 5.26. The Morgan fingerprint density at radius 2 is 1.73 bits per heavy atom. The second kappa shape index (κ2) is 10.7. The van der Waals surface area contributed by atoms with Crippen molar-refractivity contribution < 1.29 is 17.9 Å². The molecule has 0 N–H and O–H groups in total. The zero-order valence-electron chi connectivity index (χ0n) is 17.4. The standard InChI is InChI=1S/C21H30N4O4S/c1-2-29-21(26)19-7-9-20(10-8-19)30(27,28)25-17-15-23(16-18-25)12-4-3-5-13-24-14-6-11-22-24/h6-11,14H,2-5,12-13,15-18H2,1H3. The van der Waals surface area contributed by atoms with Gasteiger partial charge >= 0.3 is 5.97 Å². The molecule has 30 heavy (non-hydrogen) atoms. The molecule has 0 aliphatic carbocycles. The number of nitrogens with zero attached hydrogens (tertiary/aromatic N) is 4. The molecule has 0 spiro atoms. The quantitative estimate of drug-likeness (QED) is 0.421. The van der Waals surface area contributed by atoms with Gasteiger partial charge in [0, 0.05) is 45.1 Å². The van der Waals surface area contributed by atoms with E-state index in [1.54, 1.807) is 13.1 Å². The Bertz CT molecular complexity index is 890. The number of ether oxygens (including phenoxy) is 1. The van der Waals surface area contributed by atoms with E-state index in [9.17, 15) is 13.2 Å². The molecule has 0 bridgehead atoms.